The van der Waals surface area contributed by atoms with Crippen molar-refractivity contribution in [1.29, 1.82) is 0 Å². The summed E-state index contributed by atoms with van der Waals surface area (Å²) < 4.78 is 58.9. The van der Waals surface area contributed by atoms with Crippen molar-refractivity contribution in [2.75, 3.05) is 0 Å². The fraction of sp³-hybridized carbons (Fsp3) is 0.250. The van der Waals surface area contributed by atoms with E-state index in [1.165, 1.54) is 0 Å². The van der Waals surface area contributed by atoms with Gasteiger partial charge in [-0.2, -0.15) is 8.42 Å². The maximum absolute atomic E-state index is 13.1. The molecule has 84 valence electrons. The Kier molecular flexibility index (Phi) is 3.25. The van der Waals surface area contributed by atoms with Gasteiger partial charge in [-0.05, 0) is 6.42 Å². The van der Waals surface area contributed by atoms with Gasteiger partial charge in [-0.1, -0.05) is 6.92 Å². The lowest BCUT2D eigenvalue weighted by Gasteiger charge is -2.05. The molecule has 0 aliphatic rings. The van der Waals surface area contributed by atoms with Crippen LogP contribution >= 0.6 is 0 Å². The van der Waals surface area contributed by atoms with Gasteiger partial charge in [0.15, 0.2) is 5.75 Å². The minimum atomic E-state index is -4.76. The summed E-state index contributed by atoms with van der Waals surface area (Å²) in [5.74, 6) is -2.45. The topological polar surface area (TPSA) is 63.6 Å². The fourth-order valence-electron chi connectivity index (χ4n) is 1.09. The highest BCUT2D eigenvalue weighted by atomic mass is 32.3. The predicted octanol–water partition coefficient (Wildman–Crippen LogP) is 1.71. The lowest BCUT2D eigenvalue weighted by molar-refractivity contribution is 0.384. The van der Waals surface area contributed by atoms with Crippen molar-refractivity contribution in [1.82, 2.24) is 0 Å². The van der Waals surface area contributed by atoms with E-state index < -0.39 is 27.8 Å². The van der Waals surface area contributed by atoms with Crippen LogP contribution in [0.25, 0.3) is 0 Å². The molecular formula is C8H8F2O4S. The van der Waals surface area contributed by atoms with E-state index in [0.717, 1.165) is 0 Å². The molecule has 1 aromatic rings. The van der Waals surface area contributed by atoms with Crippen molar-refractivity contribution in [3.63, 3.8) is 0 Å². The van der Waals surface area contributed by atoms with E-state index in [-0.39, 0.29) is 12.0 Å². The molecule has 0 saturated heterocycles. The van der Waals surface area contributed by atoms with Gasteiger partial charge in [0.25, 0.3) is 0 Å². The molecule has 0 saturated carbocycles. The molecule has 0 amide bonds. The Morgan fingerprint density at radius 2 is 1.80 bits per heavy atom. The molecule has 0 atom stereocenters. The van der Waals surface area contributed by atoms with Crippen molar-refractivity contribution in [2.24, 2.45) is 0 Å². The standard InChI is InChI=1S/C8H8F2O4S/c1-2-6-7(9)3-5(4-8(6)10)14-15(11,12)13/h3-4H,2H2,1H3,(H,11,12,13). The highest BCUT2D eigenvalue weighted by Gasteiger charge is 2.13. The van der Waals surface area contributed by atoms with Crippen LogP contribution in [0.1, 0.15) is 12.5 Å². The van der Waals surface area contributed by atoms with Crippen molar-refractivity contribution < 1.29 is 25.9 Å². The minimum Gasteiger partial charge on any atom is -0.362 e. The molecule has 0 aromatic heterocycles. The Morgan fingerprint density at radius 1 is 1.33 bits per heavy atom. The van der Waals surface area contributed by atoms with Gasteiger partial charge in [0.05, 0.1) is 0 Å². The third kappa shape index (κ3) is 3.14. The van der Waals surface area contributed by atoms with Crippen LogP contribution in [0, 0.1) is 11.6 Å². The number of halogens is 2. The number of hydrogen-bond acceptors (Lipinski definition) is 3. The number of rotatable bonds is 3. The molecule has 15 heavy (non-hydrogen) atoms. The second-order valence-corrected chi connectivity index (χ2v) is 3.75. The van der Waals surface area contributed by atoms with Crippen LogP contribution in [-0.4, -0.2) is 13.0 Å². The van der Waals surface area contributed by atoms with Gasteiger partial charge in [-0.25, -0.2) is 8.78 Å². The minimum absolute atomic E-state index is 0.129. The molecule has 0 bridgehead atoms. The Morgan fingerprint density at radius 3 is 2.13 bits per heavy atom. The lowest BCUT2D eigenvalue weighted by Crippen LogP contribution is -2.07. The summed E-state index contributed by atoms with van der Waals surface area (Å²) in [6, 6.07) is 1.38. The third-order valence-electron chi connectivity index (χ3n) is 1.67. The van der Waals surface area contributed by atoms with Crippen LogP contribution in [0.5, 0.6) is 5.75 Å². The second kappa shape index (κ2) is 4.11. The average Bonchev–Trinajstić information content (AvgIpc) is 1.99. The fourth-order valence-corrected chi connectivity index (χ4v) is 1.43. The first-order valence-electron chi connectivity index (χ1n) is 3.98. The molecular weight excluding hydrogens is 230 g/mol. The summed E-state index contributed by atoms with van der Waals surface area (Å²) >= 11 is 0. The summed E-state index contributed by atoms with van der Waals surface area (Å²) in [4.78, 5) is 0. The van der Waals surface area contributed by atoms with E-state index in [2.05, 4.69) is 4.18 Å². The summed E-state index contributed by atoms with van der Waals surface area (Å²) in [5.41, 5.74) is -0.169. The summed E-state index contributed by atoms with van der Waals surface area (Å²) in [5, 5.41) is 0. The summed E-state index contributed by atoms with van der Waals surface area (Å²) in [6.45, 7) is 1.55. The van der Waals surface area contributed by atoms with E-state index in [1.54, 1.807) is 6.92 Å². The van der Waals surface area contributed by atoms with Gasteiger partial charge >= 0.3 is 10.4 Å². The zero-order valence-electron chi connectivity index (χ0n) is 7.70. The maximum Gasteiger partial charge on any atom is 0.446 e. The lowest BCUT2D eigenvalue weighted by atomic mass is 10.1. The highest BCUT2D eigenvalue weighted by Crippen LogP contribution is 2.21. The molecule has 0 unspecified atom stereocenters. The van der Waals surface area contributed by atoms with Crippen LogP contribution < -0.4 is 4.18 Å². The van der Waals surface area contributed by atoms with Crippen molar-refractivity contribution in [3.05, 3.63) is 29.3 Å². The molecule has 4 nitrogen and oxygen atoms in total. The molecule has 0 heterocycles. The normalized spacial score (nSPS) is 11.5. The Bertz CT molecular complexity index is 447. The van der Waals surface area contributed by atoms with Crippen LogP contribution in [0.4, 0.5) is 8.78 Å². The molecule has 1 rings (SSSR count). The first-order valence-corrected chi connectivity index (χ1v) is 5.35. The predicted molar refractivity (Wildman–Crippen MR) is 47.9 cm³/mol. The van der Waals surface area contributed by atoms with Crippen molar-refractivity contribution in [2.45, 2.75) is 13.3 Å². The Hall–Kier alpha value is -1.21. The molecule has 1 aromatic carbocycles. The highest BCUT2D eigenvalue weighted by molar-refractivity contribution is 7.81. The first-order chi connectivity index (χ1) is 6.83. The maximum atomic E-state index is 13.1. The Labute approximate surface area is 85.4 Å². The molecule has 0 aliphatic heterocycles. The van der Waals surface area contributed by atoms with Gasteiger partial charge in [-0.3, -0.25) is 4.55 Å². The zero-order valence-corrected chi connectivity index (χ0v) is 8.51. The van der Waals surface area contributed by atoms with E-state index in [0.29, 0.717) is 12.1 Å². The molecule has 0 fully saturated rings. The molecule has 0 spiro atoms. The van der Waals surface area contributed by atoms with Gasteiger partial charge in [0, 0.05) is 17.7 Å². The second-order valence-electron chi connectivity index (χ2n) is 2.73. The smallest absolute Gasteiger partial charge is 0.362 e. The quantitative estimate of drug-likeness (QED) is 0.814. The van der Waals surface area contributed by atoms with Crippen LogP contribution in [0.3, 0.4) is 0 Å². The third-order valence-corrected chi connectivity index (χ3v) is 2.07. The van der Waals surface area contributed by atoms with Crippen molar-refractivity contribution >= 4 is 10.4 Å². The molecule has 7 heteroatoms. The monoisotopic (exact) mass is 238 g/mol. The van der Waals surface area contributed by atoms with Crippen molar-refractivity contribution in [3.8, 4) is 5.75 Å². The first kappa shape index (κ1) is 11.9. The van der Waals surface area contributed by atoms with Gasteiger partial charge < -0.3 is 4.18 Å². The molecule has 1 N–H and O–H groups in total. The largest absolute Gasteiger partial charge is 0.446 e. The number of benzene rings is 1. The van der Waals surface area contributed by atoms with E-state index in [1.807, 2.05) is 0 Å². The van der Waals surface area contributed by atoms with E-state index >= 15 is 0 Å². The van der Waals surface area contributed by atoms with E-state index in [9.17, 15) is 17.2 Å². The summed E-state index contributed by atoms with van der Waals surface area (Å²) in [7, 11) is -4.76. The SMILES string of the molecule is CCc1c(F)cc(OS(=O)(=O)O)cc1F. The Balaban J connectivity index is 3.15. The summed E-state index contributed by atoms with van der Waals surface area (Å²) in [6.07, 6.45) is 0.129. The zero-order chi connectivity index (χ0) is 11.6. The molecule has 0 aliphatic carbocycles. The molecule has 0 radical (unpaired) electrons. The van der Waals surface area contributed by atoms with Crippen LogP contribution in [-0.2, 0) is 16.8 Å². The van der Waals surface area contributed by atoms with Gasteiger partial charge in [-0.15, -0.1) is 0 Å². The number of hydrogen-bond donors (Lipinski definition) is 1. The van der Waals surface area contributed by atoms with Gasteiger partial charge in [0.1, 0.15) is 11.6 Å². The van der Waals surface area contributed by atoms with Crippen LogP contribution in [0.2, 0.25) is 0 Å². The van der Waals surface area contributed by atoms with E-state index in [4.69, 9.17) is 4.55 Å². The van der Waals surface area contributed by atoms with Crippen LogP contribution in [0.15, 0.2) is 12.1 Å². The van der Waals surface area contributed by atoms with Gasteiger partial charge in [0.2, 0.25) is 0 Å². The average molecular weight is 238 g/mol.